The highest BCUT2D eigenvalue weighted by atomic mass is 19.4. The van der Waals surface area contributed by atoms with Crippen LogP contribution in [0, 0.1) is 5.41 Å². The molecule has 0 fully saturated rings. The first-order valence-electron chi connectivity index (χ1n) is 11.7. The molecule has 0 bridgehead atoms. The lowest BCUT2D eigenvalue weighted by Gasteiger charge is -2.35. The Balaban J connectivity index is 2.18. The second-order valence-electron chi connectivity index (χ2n) is 9.69. The fourth-order valence-electron chi connectivity index (χ4n) is 3.90. The molecule has 1 unspecified atom stereocenters. The lowest BCUT2D eigenvalue weighted by atomic mass is 9.77. The third kappa shape index (κ3) is 8.75. The van der Waals surface area contributed by atoms with Crippen molar-refractivity contribution in [1.29, 1.82) is 0 Å². The molecule has 0 spiro atoms. The summed E-state index contributed by atoms with van der Waals surface area (Å²) in [6.07, 6.45) is 5.96. The molecule has 0 radical (unpaired) electrons. The van der Waals surface area contributed by atoms with Crippen molar-refractivity contribution in [2.24, 2.45) is 10.4 Å². The van der Waals surface area contributed by atoms with Crippen molar-refractivity contribution in [2.75, 3.05) is 7.05 Å². The van der Waals surface area contributed by atoms with E-state index in [1.807, 2.05) is 38.1 Å². The van der Waals surface area contributed by atoms with Gasteiger partial charge in [-0.05, 0) is 60.5 Å². The van der Waals surface area contributed by atoms with E-state index in [0.29, 0.717) is 12.0 Å². The number of nitrogens with one attached hydrogen (secondary N) is 1. The summed E-state index contributed by atoms with van der Waals surface area (Å²) in [7, 11) is 1.54. The van der Waals surface area contributed by atoms with E-state index in [0.717, 1.165) is 16.7 Å². The number of hydrogen-bond acceptors (Lipinski definition) is 5. The molecule has 1 heterocycles. The number of aliphatic imine (C=N–C) groups is 1. The molecule has 0 aliphatic carbocycles. The van der Waals surface area contributed by atoms with Crippen LogP contribution in [0.25, 0.3) is 11.1 Å². The highest BCUT2D eigenvalue weighted by Crippen LogP contribution is 2.42. The van der Waals surface area contributed by atoms with E-state index in [9.17, 15) is 18.3 Å². The molecular formula is C28H35F3N4O. The summed E-state index contributed by atoms with van der Waals surface area (Å²) in [6.45, 7) is 9.06. The minimum Gasteiger partial charge on any atom is -0.391 e. The monoisotopic (exact) mass is 500 g/mol. The smallest absolute Gasteiger partial charge is 0.391 e. The first kappa shape index (κ1) is 29.0. The molecule has 8 heteroatoms. The van der Waals surface area contributed by atoms with Gasteiger partial charge < -0.3 is 10.4 Å². The lowest BCUT2D eigenvalue weighted by Crippen LogP contribution is -2.47. The van der Waals surface area contributed by atoms with Crippen molar-refractivity contribution in [3.63, 3.8) is 0 Å². The van der Waals surface area contributed by atoms with Crippen LogP contribution in [-0.4, -0.2) is 40.1 Å². The molecule has 194 valence electrons. The molecule has 5 nitrogen and oxygen atoms in total. The number of hydrogen-bond donors (Lipinski definition) is 2. The summed E-state index contributed by atoms with van der Waals surface area (Å²) < 4.78 is 42.2. The van der Waals surface area contributed by atoms with Gasteiger partial charge in [-0.2, -0.15) is 13.2 Å². The van der Waals surface area contributed by atoms with E-state index < -0.39 is 30.0 Å². The molecule has 2 rings (SSSR count). The maximum atomic E-state index is 14.1. The van der Waals surface area contributed by atoms with Crippen molar-refractivity contribution in [3.8, 4) is 11.1 Å². The minimum absolute atomic E-state index is 0.180. The van der Waals surface area contributed by atoms with Crippen molar-refractivity contribution < 1.29 is 18.3 Å². The number of rotatable bonds is 12. The molecule has 0 saturated carbocycles. The Hall–Kier alpha value is -3.26. The van der Waals surface area contributed by atoms with E-state index in [-0.39, 0.29) is 12.1 Å². The Kier molecular flexibility index (Phi) is 10.2. The number of nitrogens with zero attached hydrogens (tertiary/aromatic N) is 3. The van der Waals surface area contributed by atoms with Crippen LogP contribution in [0.5, 0.6) is 0 Å². The van der Waals surface area contributed by atoms with Gasteiger partial charge in [0, 0.05) is 49.5 Å². The van der Waals surface area contributed by atoms with Gasteiger partial charge in [-0.15, -0.1) is 0 Å². The minimum atomic E-state index is -4.78. The van der Waals surface area contributed by atoms with Crippen LogP contribution in [0.4, 0.5) is 13.2 Å². The van der Waals surface area contributed by atoms with E-state index in [4.69, 9.17) is 0 Å². The quantitative estimate of drug-likeness (QED) is 0.260. The topological polar surface area (TPSA) is 70.4 Å². The molecule has 0 aliphatic heterocycles. The summed E-state index contributed by atoms with van der Waals surface area (Å²) in [6, 6.07) is 7.82. The van der Waals surface area contributed by atoms with Crippen LogP contribution in [0.2, 0.25) is 0 Å². The zero-order valence-corrected chi connectivity index (χ0v) is 21.3. The molecule has 0 saturated heterocycles. The Bertz CT molecular complexity index is 1090. The average Bonchev–Trinajstić information content (AvgIpc) is 2.82. The predicted octanol–water partition coefficient (Wildman–Crippen LogP) is 6.44. The van der Waals surface area contributed by atoms with Gasteiger partial charge in [0.25, 0.3) is 0 Å². The number of allylic oxidation sites excluding steroid dienone is 3. The second-order valence-corrected chi connectivity index (χ2v) is 9.69. The lowest BCUT2D eigenvalue weighted by molar-refractivity contribution is -0.264. The summed E-state index contributed by atoms with van der Waals surface area (Å²) >= 11 is 0. The number of alkyl halides is 3. The zero-order valence-electron chi connectivity index (χ0n) is 21.3. The largest absolute Gasteiger partial charge is 0.417 e. The molecule has 0 amide bonds. The van der Waals surface area contributed by atoms with E-state index in [2.05, 4.69) is 26.9 Å². The fourth-order valence-corrected chi connectivity index (χ4v) is 3.90. The van der Waals surface area contributed by atoms with Gasteiger partial charge in [0.15, 0.2) is 5.60 Å². The number of aliphatic hydroxyl groups is 1. The first-order chi connectivity index (χ1) is 16.9. The van der Waals surface area contributed by atoms with Crippen LogP contribution >= 0.6 is 0 Å². The van der Waals surface area contributed by atoms with E-state index in [1.165, 1.54) is 18.7 Å². The van der Waals surface area contributed by atoms with Crippen LogP contribution in [0.1, 0.15) is 45.6 Å². The maximum Gasteiger partial charge on any atom is 0.417 e. The van der Waals surface area contributed by atoms with Gasteiger partial charge in [-0.25, -0.2) is 9.97 Å². The van der Waals surface area contributed by atoms with Gasteiger partial charge >= 0.3 is 6.18 Å². The molecule has 2 N–H and O–H groups in total. The van der Waals surface area contributed by atoms with Crippen LogP contribution in [-0.2, 0) is 6.42 Å². The third-order valence-electron chi connectivity index (χ3n) is 5.98. The van der Waals surface area contributed by atoms with Gasteiger partial charge in [0.05, 0.1) is 0 Å². The molecule has 2 aromatic rings. The Morgan fingerprint density at radius 2 is 1.83 bits per heavy atom. The highest BCUT2D eigenvalue weighted by molar-refractivity contribution is 5.73. The molecular weight excluding hydrogens is 465 g/mol. The van der Waals surface area contributed by atoms with Crippen molar-refractivity contribution in [1.82, 2.24) is 15.3 Å². The zero-order chi connectivity index (χ0) is 26.8. The number of halogens is 3. The predicted molar refractivity (Wildman–Crippen MR) is 139 cm³/mol. The standard InChI is InChI=1S/C28H35F3N4O/c1-6-33-13-10-21(2)14-25(32-5)17-27(36,28(29,30)31)12-11-26(3,4)16-22-8-7-9-23(15-22)24-18-34-20-35-19-24/h6-10,13-15,18-20,32,36H,1,11-12,16-17H2,2-5H3/b21-10+,25-14-,33-13?. The van der Waals surface area contributed by atoms with Gasteiger partial charge in [0.2, 0.25) is 0 Å². The number of benzene rings is 1. The Labute approximate surface area is 211 Å². The first-order valence-corrected chi connectivity index (χ1v) is 11.7. The SMILES string of the molecule is C=CN=C/C=C(C)/C=C(/CC(O)(CCC(C)(C)Cc1cccc(-c2cncnc2)c1)C(F)(F)F)NC. The fraction of sp³-hybridized carbons (Fsp3) is 0.393. The highest BCUT2D eigenvalue weighted by Gasteiger charge is 2.53. The third-order valence-corrected chi connectivity index (χ3v) is 5.98. The van der Waals surface area contributed by atoms with E-state index in [1.54, 1.807) is 38.5 Å². The van der Waals surface area contributed by atoms with Crippen molar-refractivity contribution in [3.05, 3.63) is 84.8 Å². The van der Waals surface area contributed by atoms with Gasteiger partial charge in [-0.1, -0.05) is 44.7 Å². The van der Waals surface area contributed by atoms with Crippen LogP contribution in [0.15, 0.2) is 84.2 Å². The van der Waals surface area contributed by atoms with E-state index >= 15 is 0 Å². The molecule has 1 atom stereocenters. The Morgan fingerprint density at radius 3 is 2.44 bits per heavy atom. The summed E-state index contributed by atoms with van der Waals surface area (Å²) in [4.78, 5) is 11.9. The van der Waals surface area contributed by atoms with Gasteiger partial charge in [-0.3, -0.25) is 4.99 Å². The van der Waals surface area contributed by atoms with Crippen molar-refractivity contribution >= 4 is 6.21 Å². The van der Waals surface area contributed by atoms with Crippen LogP contribution < -0.4 is 5.32 Å². The summed E-state index contributed by atoms with van der Waals surface area (Å²) in [5.41, 5.74) is 0.444. The molecule has 1 aromatic heterocycles. The van der Waals surface area contributed by atoms with Gasteiger partial charge in [0.1, 0.15) is 6.33 Å². The Morgan fingerprint density at radius 1 is 1.14 bits per heavy atom. The molecule has 1 aromatic carbocycles. The average molecular weight is 501 g/mol. The van der Waals surface area contributed by atoms with Crippen molar-refractivity contribution in [2.45, 2.75) is 58.2 Å². The molecule has 36 heavy (non-hydrogen) atoms. The van der Waals surface area contributed by atoms with Crippen LogP contribution in [0.3, 0.4) is 0 Å². The number of aromatic nitrogens is 2. The maximum absolute atomic E-state index is 14.1. The summed E-state index contributed by atoms with van der Waals surface area (Å²) in [5.74, 6) is 0. The normalized spacial score (nSPS) is 15.1. The molecule has 0 aliphatic rings. The summed E-state index contributed by atoms with van der Waals surface area (Å²) in [5, 5.41) is 13.6. The second kappa shape index (κ2) is 12.6.